The minimum atomic E-state index is -0.0384. The summed E-state index contributed by atoms with van der Waals surface area (Å²) in [7, 11) is 0. The minimum Gasteiger partial charge on any atom is -0.444 e. The number of thiazole rings is 1. The van der Waals surface area contributed by atoms with Crippen LogP contribution >= 0.6 is 23.1 Å². The largest absolute Gasteiger partial charge is 0.444 e. The molecule has 1 saturated heterocycles. The van der Waals surface area contributed by atoms with E-state index >= 15 is 0 Å². The average Bonchev–Trinajstić information content (AvgIpc) is 3.21. The van der Waals surface area contributed by atoms with E-state index in [1.807, 2.05) is 0 Å². The fourth-order valence-electron chi connectivity index (χ4n) is 2.80. The summed E-state index contributed by atoms with van der Waals surface area (Å²) in [5.41, 5.74) is -0.0384. The van der Waals surface area contributed by atoms with Gasteiger partial charge in [-0.05, 0) is 18.9 Å². The second-order valence-electron chi connectivity index (χ2n) is 7.83. The molecule has 2 N–H and O–H groups in total. The van der Waals surface area contributed by atoms with Crippen LogP contribution in [0.25, 0.3) is 0 Å². The maximum absolute atomic E-state index is 12.4. The molecule has 0 bridgehead atoms. The predicted octanol–water partition coefficient (Wildman–Crippen LogP) is 3.91. The monoisotopic (exact) mass is 394 g/mol. The number of nitrogens with one attached hydrogen (secondary N) is 2. The quantitative estimate of drug-likeness (QED) is 0.749. The molecule has 142 valence electrons. The van der Waals surface area contributed by atoms with Crippen molar-refractivity contribution < 1.29 is 9.21 Å². The molecule has 1 aliphatic rings. The van der Waals surface area contributed by atoms with Crippen LogP contribution in [-0.2, 0) is 16.0 Å². The van der Waals surface area contributed by atoms with E-state index in [-0.39, 0.29) is 17.2 Å². The minimum absolute atomic E-state index is 0.0156. The van der Waals surface area contributed by atoms with Crippen LogP contribution in [0.5, 0.6) is 0 Å². The van der Waals surface area contributed by atoms with Crippen molar-refractivity contribution in [1.82, 2.24) is 15.3 Å². The highest BCUT2D eigenvalue weighted by Crippen LogP contribution is 2.32. The normalized spacial score (nSPS) is 20.9. The Hall–Kier alpha value is -1.38. The zero-order valence-corrected chi connectivity index (χ0v) is 17.3. The Morgan fingerprint density at radius 1 is 1.38 bits per heavy atom. The number of anilines is 1. The lowest BCUT2D eigenvalue weighted by Crippen LogP contribution is -2.40. The van der Waals surface area contributed by atoms with E-state index in [1.54, 1.807) is 24.2 Å². The number of oxazole rings is 1. The fraction of sp³-hybridized carbons (Fsp3) is 0.611. The summed E-state index contributed by atoms with van der Waals surface area (Å²) in [4.78, 5) is 21.0. The number of thioether (sulfide) groups is 1. The van der Waals surface area contributed by atoms with E-state index in [1.165, 1.54) is 11.3 Å². The third-order valence-corrected chi connectivity index (χ3v) is 6.38. The molecular weight excluding hydrogens is 368 g/mol. The Kier molecular flexibility index (Phi) is 6.04. The number of aromatic nitrogens is 2. The van der Waals surface area contributed by atoms with Crippen molar-refractivity contribution >= 4 is 34.1 Å². The van der Waals surface area contributed by atoms with Crippen molar-refractivity contribution in [3.8, 4) is 0 Å². The molecule has 0 spiro atoms. The Labute approximate surface area is 162 Å². The molecule has 0 unspecified atom stereocenters. The zero-order chi connectivity index (χ0) is 18.7. The molecule has 0 radical (unpaired) electrons. The van der Waals surface area contributed by atoms with Crippen molar-refractivity contribution in [2.24, 2.45) is 11.8 Å². The third-order valence-electron chi connectivity index (χ3n) is 4.29. The Balaban J connectivity index is 1.51. The van der Waals surface area contributed by atoms with Crippen LogP contribution in [0.15, 0.2) is 21.0 Å². The zero-order valence-electron chi connectivity index (χ0n) is 15.7. The van der Waals surface area contributed by atoms with Gasteiger partial charge in [0.25, 0.3) is 0 Å². The number of piperidine rings is 1. The van der Waals surface area contributed by atoms with E-state index in [4.69, 9.17) is 4.42 Å². The number of hydrogen-bond acceptors (Lipinski definition) is 7. The van der Waals surface area contributed by atoms with Gasteiger partial charge in [0.05, 0.1) is 28.3 Å². The van der Waals surface area contributed by atoms with E-state index in [0.29, 0.717) is 22.7 Å². The van der Waals surface area contributed by atoms with Gasteiger partial charge in [0.2, 0.25) is 11.8 Å². The summed E-state index contributed by atoms with van der Waals surface area (Å²) in [5.74, 6) is 2.84. The van der Waals surface area contributed by atoms with Crippen LogP contribution in [0, 0.1) is 11.8 Å². The molecule has 6 nitrogen and oxygen atoms in total. The average molecular weight is 395 g/mol. The second kappa shape index (κ2) is 8.10. The highest BCUT2D eigenvalue weighted by molar-refractivity contribution is 8.00. The summed E-state index contributed by atoms with van der Waals surface area (Å²) in [5, 5.41) is 6.91. The van der Waals surface area contributed by atoms with Gasteiger partial charge in [0, 0.05) is 12.0 Å². The second-order valence-corrected chi connectivity index (χ2v) is 10.1. The van der Waals surface area contributed by atoms with Crippen LogP contribution in [0.1, 0.15) is 45.8 Å². The van der Waals surface area contributed by atoms with Crippen LogP contribution in [0.2, 0.25) is 0 Å². The molecule has 1 amide bonds. The number of rotatable bonds is 5. The van der Waals surface area contributed by atoms with Crippen molar-refractivity contribution in [2.75, 3.05) is 18.4 Å². The van der Waals surface area contributed by atoms with Crippen LogP contribution < -0.4 is 10.6 Å². The summed E-state index contributed by atoms with van der Waals surface area (Å²) in [6.07, 6.45) is 4.51. The van der Waals surface area contributed by atoms with Gasteiger partial charge in [0.15, 0.2) is 5.13 Å². The van der Waals surface area contributed by atoms with E-state index < -0.39 is 0 Å². The maximum atomic E-state index is 12.4. The number of amides is 1. The number of carbonyl (C=O) groups excluding carboxylic acids is 1. The molecule has 2 aromatic heterocycles. The fourth-order valence-corrected chi connectivity index (χ4v) is 4.53. The van der Waals surface area contributed by atoms with Gasteiger partial charge >= 0.3 is 0 Å². The summed E-state index contributed by atoms with van der Waals surface area (Å²) < 4.78 is 6.84. The molecule has 0 saturated carbocycles. The Bertz CT molecular complexity index is 750. The van der Waals surface area contributed by atoms with Crippen LogP contribution in [0.3, 0.4) is 0 Å². The van der Waals surface area contributed by atoms with Gasteiger partial charge in [-0.25, -0.2) is 9.97 Å². The van der Waals surface area contributed by atoms with Crippen molar-refractivity contribution in [3.63, 3.8) is 0 Å². The first-order valence-electron chi connectivity index (χ1n) is 8.86. The van der Waals surface area contributed by atoms with Crippen molar-refractivity contribution in [1.29, 1.82) is 0 Å². The number of nitrogens with zero attached hydrogens (tertiary/aromatic N) is 2. The maximum Gasteiger partial charge on any atom is 0.230 e. The molecule has 0 aromatic carbocycles. The highest BCUT2D eigenvalue weighted by atomic mass is 32.2. The Morgan fingerprint density at radius 2 is 2.19 bits per heavy atom. The summed E-state index contributed by atoms with van der Waals surface area (Å²) in [6, 6.07) is 0. The lowest BCUT2D eigenvalue weighted by molar-refractivity contribution is -0.120. The third kappa shape index (κ3) is 5.08. The van der Waals surface area contributed by atoms with Crippen molar-refractivity contribution in [2.45, 2.75) is 49.5 Å². The van der Waals surface area contributed by atoms with E-state index in [0.717, 1.165) is 29.5 Å². The standard InChI is InChI=1S/C18H26N4O2S2/c1-11-5-12(7-19-6-11)16(23)22-17-21-9-15(26-17)25-10-14-20-8-13(24-14)18(2,3)4/h8-9,11-12,19H,5-7,10H2,1-4H3,(H,21,22,23)/t11-,12-/m0/s1. The van der Waals surface area contributed by atoms with Gasteiger partial charge in [-0.3, -0.25) is 4.79 Å². The first-order chi connectivity index (χ1) is 12.3. The molecule has 2 atom stereocenters. The van der Waals surface area contributed by atoms with Gasteiger partial charge in [-0.15, -0.1) is 11.8 Å². The molecule has 3 heterocycles. The van der Waals surface area contributed by atoms with E-state index in [9.17, 15) is 4.79 Å². The molecular formula is C18H26N4O2S2. The molecule has 1 aliphatic heterocycles. The van der Waals surface area contributed by atoms with Gasteiger partial charge < -0.3 is 15.1 Å². The lowest BCUT2D eigenvalue weighted by Gasteiger charge is -2.26. The molecule has 26 heavy (non-hydrogen) atoms. The van der Waals surface area contributed by atoms with Crippen molar-refractivity contribution in [3.05, 3.63) is 24.0 Å². The smallest absolute Gasteiger partial charge is 0.230 e. The highest BCUT2D eigenvalue weighted by Gasteiger charge is 2.25. The van der Waals surface area contributed by atoms with E-state index in [2.05, 4.69) is 48.3 Å². The van der Waals surface area contributed by atoms with Gasteiger partial charge in [0.1, 0.15) is 5.76 Å². The number of hydrogen-bond donors (Lipinski definition) is 2. The first kappa shape index (κ1) is 19.4. The van der Waals surface area contributed by atoms with Gasteiger partial charge in [-0.1, -0.05) is 39.0 Å². The molecule has 2 aromatic rings. The van der Waals surface area contributed by atoms with Crippen LogP contribution in [-0.4, -0.2) is 29.0 Å². The lowest BCUT2D eigenvalue weighted by atomic mass is 9.91. The summed E-state index contributed by atoms with van der Waals surface area (Å²) >= 11 is 3.11. The predicted molar refractivity (Wildman–Crippen MR) is 106 cm³/mol. The molecule has 8 heteroatoms. The molecule has 3 rings (SSSR count). The number of carbonyl (C=O) groups is 1. The summed E-state index contributed by atoms with van der Waals surface area (Å²) in [6.45, 7) is 10.2. The molecule has 0 aliphatic carbocycles. The SMILES string of the molecule is C[C@@H]1CNC[C@@H](C(=O)Nc2ncc(SCc3ncc(C(C)(C)C)o3)s2)C1. The van der Waals surface area contributed by atoms with Gasteiger partial charge in [-0.2, -0.15) is 0 Å². The topological polar surface area (TPSA) is 80.0 Å². The first-order valence-corrected chi connectivity index (χ1v) is 10.7. The van der Waals surface area contributed by atoms with Crippen LogP contribution in [0.4, 0.5) is 5.13 Å². The molecule has 1 fully saturated rings. The Morgan fingerprint density at radius 3 is 2.88 bits per heavy atom.